The Bertz CT molecular complexity index is 539. The lowest BCUT2D eigenvalue weighted by molar-refractivity contribution is 0.395. The molecule has 0 saturated carbocycles. The van der Waals surface area contributed by atoms with Crippen LogP contribution in [0.2, 0.25) is 0 Å². The molecule has 0 amide bonds. The van der Waals surface area contributed by atoms with Crippen molar-refractivity contribution < 1.29 is 4.74 Å². The molecule has 0 aliphatic rings. The van der Waals surface area contributed by atoms with E-state index in [2.05, 4.69) is 15.1 Å². The molecule has 2 N–H and O–H groups in total. The van der Waals surface area contributed by atoms with Gasteiger partial charge in [-0.15, -0.1) is 5.10 Å². The van der Waals surface area contributed by atoms with Gasteiger partial charge in [0, 0.05) is 6.07 Å². The van der Waals surface area contributed by atoms with Crippen molar-refractivity contribution in [1.82, 2.24) is 19.7 Å². The van der Waals surface area contributed by atoms with Gasteiger partial charge in [0.25, 0.3) is 0 Å². The van der Waals surface area contributed by atoms with E-state index in [1.54, 1.807) is 24.2 Å². The summed E-state index contributed by atoms with van der Waals surface area (Å²) in [5.74, 6) is 0.931. The molecule has 2 rings (SSSR count). The van der Waals surface area contributed by atoms with E-state index < -0.39 is 0 Å². The smallest absolute Gasteiger partial charge is 0.213 e. The van der Waals surface area contributed by atoms with Crippen LogP contribution in [0.5, 0.6) is 5.88 Å². The Balaban J connectivity index is 2.16. The van der Waals surface area contributed by atoms with Crippen LogP contribution >= 0.6 is 12.2 Å². The van der Waals surface area contributed by atoms with Gasteiger partial charge in [-0.1, -0.05) is 18.3 Å². The molecule has 0 bridgehead atoms. The predicted molar refractivity (Wildman–Crippen MR) is 65.8 cm³/mol. The molecular formula is C10H11N5OS. The van der Waals surface area contributed by atoms with Crippen molar-refractivity contribution in [2.75, 3.05) is 7.11 Å². The highest BCUT2D eigenvalue weighted by atomic mass is 32.1. The Morgan fingerprint density at radius 2 is 2.35 bits per heavy atom. The number of rotatable bonds is 4. The van der Waals surface area contributed by atoms with Gasteiger partial charge >= 0.3 is 0 Å². The Morgan fingerprint density at radius 1 is 1.53 bits per heavy atom. The highest BCUT2D eigenvalue weighted by molar-refractivity contribution is 7.80. The van der Waals surface area contributed by atoms with E-state index in [1.165, 1.54) is 0 Å². The minimum absolute atomic E-state index is 0.183. The second kappa shape index (κ2) is 4.88. The van der Waals surface area contributed by atoms with Gasteiger partial charge in [0.15, 0.2) is 0 Å². The summed E-state index contributed by atoms with van der Waals surface area (Å²) in [6, 6.07) is 5.53. The van der Waals surface area contributed by atoms with Gasteiger partial charge in [0.05, 0.1) is 19.3 Å². The number of methoxy groups -OCH3 is 1. The third-order valence-electron chi connectivity index (χ3n) is 2.07. The lowest BCUT2D eigenvalue weighted by atomic mass is 10.3. The Morgan fingerprint density at radius 3 is 3.00 bits per heavy atom. The van der Waals surface area contributed by atoms with Crippen LogP contribution in [0.3, 0.4) is 0 Å². The lowest BCUT2D eigenvalue weighted by Gasteiger charge is -2.02. The maximum atomic E-state index is 5.42. The van der Waals surface area contributed by atoms with E-state index in [4.69, 9.17) is 22.7 Å². The highest BCUT2D eigenvalue weighted by Crippen LogP contribution is 2.07. The van der Waals surface area contributed by atoms with E-state index in [9.17, 15) is 0 Å². The van der Waals surface area contributed by atoms with E-state index in [1.807, 2.05) is 12.1 Å². The molecule has 0 aliphatic carbocycles. The van der Waals surface area contributed by atoms with Gasteiger partial charge in [-0.05, 0) is 6.07 Å². The first-order valence-corrected chi connectivity index (χ1v) is 5.29. The molecule has 0 radical (unpaired) electrons. The van der Waals surface area contributed by atoms with Crippen molar-refractivity contribution in [2.45, 2.75) is 6.54 Å². The number of pyridine rings is 1. The quantitative estimate of drug-likeness (QED) is 0.788. The standard InChI is InChI=1S/C10H11N5OS/c1-16-8-4-2-3-7(13-8)5-15-6-12-10(14-15)9(11)17/h2-4,6H,5H2,1H3,(H2,11,17). The van der Waals surface area contributed by atoms with Crippen molar-refractivity contribution in [3.63, 3.8) is 0 Å². The van der Waals surface area contributed by atoms with E-state index in [-0.39, 0.29) is 4.99 Å². The van der Waals surface area contributed by atoms with Crippen molar-refractivity contribution >= 4 is 17.2 Å². The van der Waals surface area contributed by atoms with Crippen molar-refractivity contribution in [3.8, 4) is 5.88 Å². The zero-order valence-electron chi connectivity index (χ0n) is 9.20. The molecular weight excluding hydrogens is 238 g/mol. The lowest BCUT2D eigenvalue weighted by Crippen LogP contribution is -2.12. The number of nitrogens with zero attached hydrogens (tertiary/aromatic N) is 4. The summed E-state index contributed by atoms with van der Waals surface area (Å²) in [6.07, 6.45) is 1.57. The summed E-state index contributed by atoms with van der Waals surface area (Å²) < 4.78 is 6.66. The predicted octanol–water partition coefficient (Wildman–Crippen LogP) is 0.364. The fourth-order valence-corrected chi connectivity index (χ4v) is 1.40. The molecule has 17 heavy (non-hydrogen) atoms. The molecule has 2 aromatic rings. The summed E-state index contributed by atoms with van der Waals surface area (Å²) in [5, 5.41) is 4.12. The second-order valence-electron chi connectivity index (χ2n) is 3.30. The van der Waals surface area contributed by atoms with Crippen molar-refractivity contribution in [2.24, 2.45) is 5.73 Å². The second-order valence-corrected chi connectivity index (χ2v) is 3.74. The van der Waals surface area contributed by atoms with Crippen LogP contribution in [0.4, 0.5) is 0 Å². The Labute approximate surface area is 103 Å². The number of aromatic nitrogens is 4. The average molecular weight is 249 g/mol. The molecule has 0 fully saturated rings. The average Bonchev–Trinajstić information content (AvgIpc) is 2.78. The van der Waals surface area contributed by atoms with Crippen LogP contribution in [0.15, 0.2) is 24.5 Å². The summed E-state index contributed by atoms with van der Waals surface area (Å²) in [4.78, 5) is 8.43. The topological polar surface area (TPSA) is 78.9 Å². The van der Waals surface area contributed by atoms with Crippen LogP contribution in [0, 0.1) is 0 Å². The fraction of sp³-hybridized carbons (Fsp3) is 0.200. The molecule has 0 aliphatic heterocycles. The third kappa shape index (κ3) is 2.76. The zero-order chi connectivity index (χ0) is 12.3. The fourth-order valence-electron chi connectivity index (χ4n) is 1.31. The van der Waals surface area contributed by atoms with Gasteiger partial charge in [-0.2, -0.15) is 0 Å². The minimum Gasteiger partial charge on any atom is -0.481 e. The normalized spacial score (nSPS) is 10.2. The van der Waals surface area contributed by atoms with Crippen LogP contribution in [0.1, 0.15) is 11.5 Å². The molecule has 6 nitrogen and oxygen atoms in total. The van der Waals surface area contributed by atoms with E-state index in [0.29, 0.717) is 18.2 Å². The first-order chi connectivity index (χ1) is 8.19. The monoisotopic (exact) mass is 249 g/mol. The number of hydrogen-bond donors (Lipinski definition) is 1. The maximum absolute atomic E-state index is 5.42. The number of nitrogens with two attached hydrogens (primary N) is 1. The molecule has 0 aromatic carbocycles. The molecule has 0 atom stereocenters. The van der Waals surface area contributed by atoms with Crippen LogP contribution in [0.25, 0.3) is 0 Å². The maximum Gasteiger partial charge on any atom is 0.213 e. The van der Waals surface area contributed by atoms with Crippen molar-refractivity contribution in [3.05, 3.63) is 36.0 Å². The summed E-state index contributed by atoms with van der Waals surface area (Å²) in [6.45, 7) is 0.493. The van der Waals surface area contributed by atoms with Gasteiger partial charge in [-0.25, -0.2) is 14.6 Å². The Kier molecular flexibility index (Phi) is 3.29. The first kappa shape index (κ1) is 11.5. The van der Waals surface area contributed by atoms with Crippen LogP contribution in [-0.4, -0.2) is 31.8 Å². The van der Waals surface area contributed by atoms with Crippen molar-refractivity contribution in [1.29, 1.82) is 0 Å². The molecule has 0 saturated heterocycles. The number of thiocarbonyl (C=S) groups is 1. The zero-order valence-corrected chi connectivity index (χ0v) is 10.0. The number of hydrogen-bond acceptors (Lipinski definition) is 5. The molecule has 0 spiro atoms. The van der Waals surface area contributed by atoms with Gasteiger partial charge < -0.3 is 10.5 Å². The molecule has 0 unspecified atom stereocenters. The van der Waals surface area contributed by atoms with Gasteiger partial charge in [-0.3, -0.25) is 0 Å². The summed E-state index contributed by atoms with van der Waals surface area (Å²) in [7, 11) is 1.58. The summed E-state index contributed by atoms with van der Waals surface area (Å²) in [5.41, 5.74) is 6.25. The van der Waals surface area contributed by atoms with E-state index >= 15 is 0 Å². The van der Waals surface area contributed by atoms with Gasteiger partial charge in [0.2, 0.25) is 11.7 Å². The number of ether oxygens (including phenoxy) is 1. The molecule has 2 aromatic heterocycles. The largest absolute Gasteiger partial charge is 0.481 e. The minimum atomic E-state index is 0.183. The Hall–Kier alpha value is -2.02. The molecule has 88 valence electrons. The van der Waals surface area contributed by atoms with Crippen LogP contribution in [-0.2, 0) is 6.54 Å². The molecule has 2 heterocycles. The highest BCUT2D eigenvalue weighted by Gasteiger charge is 2.04. The first-order valence-electron chi connectivity index (χ1n) is 4.88. The van der Waals surface area contributed by atoms with Gasteiger partial charge in [0.1, 0.15) is 11.3 Å². The summed E-state index contributed by atoms with van der Waals surface area (Å²) >= 11 is 4.78. The van der Waals surface area contributed by atoms with E-state index in [0.717, 1.165) is 5.69 Å². The third-order valence-corrected chi connectivity index (χ3v) is 2.25. The SMILES string of the molecule is COc1cccc(Cn2cnc(C(N)=S)n2)n1. The van der Waals surface area contributed by atoms with Crippen LogP contribution < -0.4 is 10.5 Å². The molecule has 7 heteroatoms.